The summed E-state index contributed by atoms with van der Waals surface area (Å²) in [5.74, 6) is -0.00932. The number of rotatable bonds is 3. The van der Waals surface area contributed by atoms with E-state index in [9.17, 15) is 9.90 Å². The fourth-order valence-corrected chi connectivity index (χ4v) is 2.85. The van der Waals surface area contributed by atoms with E-state index in [0.29, 0.717) is 6.54 Å². The van der Waals surface area contributed by atoms with Crippen molar-refractivity contribution in [2.75, 3.05) is 18.0 Å². The van der Waals surface area contributed by atoms with Crippen molar-refractivity contribution >= 4 is 5.69 Å². The number of benzene rings is 1. The Morgan fingerprint density at radius 1 is 1.10 bits per heavy atom. The minimum Gasteiger partial charge on any atom is -0.493 e. The average molecular weight is 287 g/mol. The molecule has 0 amide bonds. The zero-order valence-corrected chi connectivity index (χ0v) is 12.3. The summed E-state index contributed by atoms with van der Waals surface area (Å²) < 4.78 is 2.76. The van der Waals surface area contributed by atoms with Gasteiger partial charge in [-0.3, -0.25) is 9.13 Å². The molecule has 2 heterocycles. The monoisotopic (exact) mass is 287 g/mol. The van der Waals surface area contributed by atoms with Crippen LogP contribution >= 0.6 is 0 Å². The summed E-state index contributed by atoms with van der Waals surface area (Å²) in [4.78, 5) is 14.3. The highest BCUT2D eigenvalue weighted by molar-refractivity contribution is 5.47. The number of anilines is 1. The molecule has 0 spiro atoms. The van der Waals surface area contributed by atoms with Gasteiger partial charge in [-0.15, -0.1) is 0 Å². The van der Waals surface area contributed by atoms with Crippen molar-refractivity contribution in [3.05, 3.63) is 46.5 Å². The van der Waals surface area contributed by atoms with Crippen molar-refractivity contribution in [1.29, 1.82) is 0 Å². The molecule has 0 unspecified atom stereocenters. The van der Waals surface area contributed by atoms with E-state index >= 15 is 0 Å². The predicted octanol–water partition coefficient (Wildman–Crippen LogP) is 1.93. The molecule has 5 heteroatoms. The largest absolute Gasteiger partial charge is 0.493 e. The van der Waals surface area contributed by atoms with Gasteiger partial charge >= 0.3 is 5.69 Å². The van der Waals surface area contributed by atoms with Gasteiger partial charge in [0, 0.05) is 25.8 Å². The first-order valence-electron chi connectivity index (χ1n) is 7.44. The van der Waals surface area contributed by atoms with E-state index in [1.165, 1.54) is 40.3 Å². The molecular weight excluding hydrogens is 266 g/mol. The number of aromatic nitrogens is 2. The summed E-state index contributed by atoms with van der Waals surface area (Å²) in [5, 5.41) is 9.55. The number of hydrogen-bond acceptors (Lipinski definition) is 3. The smallest absolute Gasteiger partial charge is 0.331 e. The number of imidazole rings is 1. The lowest BCUT2D eigenvalue weighted by Gasteiger charge is -2.28. The summed E-state index contributed by atoms with van der Waals surface area (Å²) in [6.45, 7) is 2.74. The van der Waals surface area contributed by atoms with Crippen molar-refractivity contribution in [2.45, 2.75) is 25.8 Å². The SMILES string of the molecule is Cn1c(O)cn(Cc2ccc(N3CCCCC3)cc2)c1=O. The molecule has 1 aliphatic heterocycles. The molecule has 1 saturated heterocycles. The number of hydrogen-bond donors (Lipinski definition) is 1. The van der Waals surface area contributed by atoms with Crippen LogP contribution in [-0.4, -0.2) is 27.3 Å². The van der Waals surface area contributed by atoms with Gasteiger partial charge in [0.05, 0.1) is 12.7 Å². The molecule has 1 aliphatic rings. The van der Waals surface area contributed by atoms with Gasteiger partial charge in [-0.1, -0.05) is 12.1 Å². The van der Waals surface area contributed by atoms with Crippen LogP contribution in [0.15, 0.2) is 35.3 Å². The number of piperidine rings is 1. The lowest BCUT2D eigenvalue weighted by molar-refractivity contribution is 0.429. The molecule has 0 bridgehead atoms. The molecule has 1 fully saturated rings. The molecule has 1 aromatic heterocycles. The molecule has 3 rings (SSSR count). The van der Waals surface area contributed by atoms with E-state index < -0.39 is 0 Å². The minimum atomic E-state index is -0.201. The first-order valence-corrected chi connectivity index (χ1v) is 7.44. The van der Waals surface area contributed by atoms with Gasteiger partial charge in [-0.05, 0) is 37.0 Å². The van der Waals surface area contributed by atoms with Crippen LogP contribution in [0.2, 0.25) is 0 Å². The van der Waals surface area contributed by atoms with Gasteiger partial charge in [-0.25, -0.2) is 4.79 Å². The van der Waals surface area contributed by atoms with Gasteiger partial charge < -0.3 is 10.0 Å². The molecule has 0 saturated carbocycles. The predicted molar refractivity (Wildman–Crippen MR) is 82.9 cm³/mol. The molecule has 5 nitrogen and oxygen atoms in total. The topological polar surface area (TPSA) is 50.4 Å². The van der Waals surface area contributed by atoms with Crippen LogP contribution in [-0.2, 0) is 13.6 Å². The Morgan fingerprint density at radius 3 is 2.33 bits per heavy atom. The van der Waals surface area contributed by atoms with Crippen molar-refractivity contribution in [3.8, 4) is 5.88 Å². The summed E-state index contributed by atoms with van der Waals surface area (Å²) in [6.07, 6.45) is 5.33. The first kappa shape index (κ1) is 13.8. The highest BCUT2D eigenvalue weighted by atomic mass is 16.3. The summed E-state index contributed by atoms with van der Waals surface area (Å²) in [7, 11) is 1.56. The molecule has 1 aromatic carbocycles. The van der Waals surface area contributed by atoms with Crippen molar-refractivity contribution in [2.24, 2.45) is 7.05 Å². The van der Waals surface area contributed by atoms with Crippen LogP contribution in [0, 0.1) is 0 Å². The standard InChI is InChI=1S/C16H21N3O2/c1-17-15(20)12-19(16(17)21)11-13-5-7-14(8-6-13)18-9-3-2-4-10-18/h5-8,12,20H,2-4,9-11H2,1H3. The second kappa shape index (κ2) is 5.68. The van der Waals surface area contributed by atoms with Gasteiger partial charge in [0.2, 0.25) is 5.88 Å². The van der Waals surface area contributed by atoms with Gasteiger partial charge in [-0.2, -0.15) is 0 Å². The average Bonchev–Trinajstić information content (AvgIpc) is 2.76. The minimum absolute atomic E-state index is 0.00932. The highest BCUT2D eigenvalue weighted by Gasteiger charge is 2.11. The summed E-state index contributed by atoms with van der Waals surface area (Å²) in [5.41, 5.74) is 2.11. The Balaban J connectivity index is 1.74. The summed E-state index contributed by atoms with van der Waals surface area (Å²) >= 11 is 0. The molecular formula is C16H21N3O2. The fourth-order valence-electron chi connectivity index (χ4n) is 2.85. The molecule has 0 aliphatic carbocycles. The quantitative estimate of drug-likeness (QED) is 0.938. The van der Waals surface area contributed by atoms with E-state index in [2.05, 4.69) is 29.2 Å². The number of nitrogens with zero attached hydrogens (tertiary/aromatic N) is 3. The zero-order chi connectivity index (χ0) is 14.8. The zero-order valence-electron chi connectivity index (χ0n) is 12.3. The first-order chi connectivity index (χ1) is 10.1. The van der Waals surface area contributed by atoms with E-state index in [0.717, 1.165) is 18.7 Å². The lowest BCUT2D eigenvalue weighted by atomic mass is 10.1. The van der Waals surface area contributed by atoms with Crippen LogP contribution in [0.5, 0.6) is 5.88 Å². The Kier molecular flexibility index (Phi) is 3.73. The Morgan fingerprint density at radius 2 is 1.76 bits per heavy atom. The van der Waals surface area contributed by atoms with E-state index in [-0.39, 0.29) is 11.6 Å². The Labute approximate surface area is 124 Å². The molecule has 21 heavy (non-hydrogen) atoms. The third kappa shape index (κ3) is 2.82. The molecule has 0 atom stereocenters. The van der Waals surface area contributed by atoms with Crippen molar-refractivity contribution < 1.29 is 5.11 Å². The van der Waals surface area contributed by atoms with Gasteiger partial charge in [0.15, 0.2) is 0 Å². The second-order valence-electron chi connectivity index (χ2n) is 5.67. The van der Waals surface area contributed by atoms with E-state index in [1.54, 1.807) is 7.05 Å². The van der Waals surface area contributed by atoms with Crippen LogP contribution in [0.1, 0.15) is 24.8 Å². The molecule has 0 radical (unpaired) electrons. The van der Waals surface area contributed by atoms with Crippen LogP contribution in [0.4, 0.5) is 5.69 Å². The van der Waals surface area contributed by atoms with E-state index in [1.807, 2.05) is 0 Å². The maximum Gasteiger partial charge on any atom is 0.331 e. The van der Waals surface area contributed by atoms with Crippen LogP contribution in [0.3, 0.4) is 0 Å². The number of aromatic hydroxyl groups is 1. The Hall–Kier alpha value is -2.17. The maximum atomic E-state index is 11.9. The lowest BCUT2D eigenvalue weighted by Crippen LogP contribution is -2.29. The molecule has 112 valence electrons. The molecule has 2 aromatic rings. The molecule has 1 N–H and O–H groups in total. The van der Waals surface area contributed by atoms with Crippen LogP contribution in [0.25, 0.3) is 0 Å². The van der Waals surface area contributed by atoms with Gasteiger partial charge in [0.1, 0.15) is 0 Å². The third-order valence-corrected chi connectivity index (χ3v) is 4.16. The van der Waals surface area contributed by atoms with Crippen molar-refractivity contribution in [3.63, 3.8) is 0 Å². The van der Waals surface area contributed by atoms with E-state index in [4.69, 9.17) is 0 Å². The summed E-state index contributed by atoms with van der Waals surface area (Å²) in [6, 6.07) is 8.35. The van der Waals surface area contributed by atoms with Crippen LogP contribution < -0.4 is 10.6 Å². The highest BCUT2D eigenvalue weighted by Crippen LogP contribution is 2.20. The second-order valence-corrected chi connectivity index (χ2v) is 5.67. The fraction of sp³-hybridized carbons (Fsp3) is 0.438. The van der Waals surface area contributed by atoms with Gasteiger partial charge in [0.25, 0.3) is 0 Å². The maximum absolute atomic E-state index is 11.9. The Bertz CT molecular complexity index is 664. The van der Waals surface area contributed by atoms with Crippen molar-refractivity contribution in [1.82, 2.24) is 9.13 Å². The normalized spacial score (nSPS) is 15.4. The third-order valence-electron chi connectivity index (χ3n) is 4.16.